The number of nitrogens with one attached hydrogen (secondary N) is 1. The molecule has 1 fully saturated rings. The highest BCUT2D eigenvalue weighted by Gasteiger charge is 2.32. The van der Waals surface area contributed by atoms with Crippen LogP contribution >= 0.6 is 0 Å². The van der Waals surface area contributed by atoms with Crippen molar-refractivity contribution in [1.82, 2.24) is 15.2 Å². The largest absolute Gasteiger partial charge is 0.353 e. The molecular weight excluding hydrogens is 281 g/mol. The van der Waals surface area contributed by atoms with Crippen LogP contribution in [0.4, 0.5) is 4.39 Å². The Kier molecular flexibility index (Phi) is 4.15. The van der Waals surface area contributed by atoms with E-state index in [2.05, 4.69) is 10.3 Å². The van der Waals surface area contributed by atoms with Crippen molar-refractivity contribution in [3.8, 4) is 0 Å². The van der Waals surface area contributed by atoms with Crippen molar-refractivity contribution in [2.75, 3.05) is 13.1 Å². The fourth-order valence-corrected chi connectivity index (χ4v) is 2.86. The van der Waals surface area contributed by atoms with Crippen molar-refractivity contribution >= 4 is 5.91 Å². The molecule has 22 heavy (non-hydrogen) atoms. The molecule has 1 N–H and O–H groups in total. The Morgan fingerprint density at radius 2 is 2.18 bits per heavy atom. The number of aryl methyl sites for hydroxylation is 1. The molecule has 4 nitrogen and oxygen atoms in total. The highest BCUT2D eigenvalue weighted by Crippen LogP contribution is 2.27. The topological polar surface area (TPSA) is 45.2 Å². The number of amides is 1. The van der Waals surface area contributed by atoms with Crippen molar-refractivity contribution in [1.29, 1.82) is 0 Å². The van der Waals surface area contributed by atoms with E-state index >= 15 is 0 Å². The zero-order chi connectivity index (χ0) is 15.5. The molecule has 2 aromatic rings. The van der Waals surface area contributed by atoms with Gasteiger partial charge >= 0.3 is 0 Å². The summed E-state index contributed by atoms with van der Waals surface area (Å²) in [5.41, 5.74) is 2.51. The molecule has 5 heteroatoms. The SMILES string of the molecule is Cc1cncc(CN2CCNC(=O)C2c2ccccc2F)c1. The van der Waals surface area contributed by atoms with E-state index in [-0.39, 0.29) is 11.7 Å². The lowest BCUT2D eigenvalue weighted by Gasteiger charge is -2.35. The number of pyridine rings is 1. The van der Waals surface area contributed by atoms with Gasteiger partial charge in [0.05, 0.1) is 0 Å². The first-order valence-electron chi connectivity index (χ1n) is 7.32. The van der Waals surface area contributed by atoms with E-state index in [9.17, 15) is 9.18 Å². The molecule has 114 valence electrons. The number of hydrogen-bond acceptors (Lipinski definition) is 3. The number of halogens is 1. The average Bonchev–Trinajstić information content (AvgIpc) is 2.49. The summed E-state index contributed by atoms with van der Waals surface area (Å²) in [5, 5.41) is 2.82. The van der Waals surface area contributed by atoms with Gasteiger partial charge in [-0.25, -0.2) is 4.39 Å². The zero-order valence-electron chi connectivity index (χ0n) is 12.4. The lowest BCUT2D eigenvalue weighted by molar-refractivity contribution is -0.129. The minimum absolute atomic E-state index is 0.156. The van der Waals surface area contributed by atoms with Crippen LogP contribution in [0.5, 0.6) is 0 Å². The Bertz CT molecular complexity index is 689. The van der Waals surface area contributed by atoms with Crippen molar-refractivity contribution in [3.63, 3.8) is 0 Å². The van der Waals surface area contributed by atoms with Crippen LogP contribution in [-0.2, 0) is 11.3 Å². The molecule has 2 heterocycles. The van der Waals surface area contributed by atoms with E-state index in [4.69, 9.17) is 0 Å². The van der Waals surface area contributed by atoms with Crippen LogP contribution in [0.3, 0.4) is 0 Å². The number of carbonyl (C=O) groups is 1. The Balaban J connectivity index is 1.90. The van der Waals surface area contributed by atoms with E-state index in [1.807, 2.05) is 17.9 Å². The second kappa shape index (κ2) is 6.23. The molecule has 1 saturated heterocycles. The molecule has 1 aromatic carbocycles. The smallest absolute Gasteiger partial charge is 0.242 e. The van der Waals surface area contributed by atoms with Crippen LogP contribution in [0.2, 0.25) is 0 Å². The maximum atomic E-state index is 14.1. The molecule has 0 aliphatic carbocycles. The van der Waals surface area contributed by atoms with Crippen LogP contribution in [-0.4, -0.2) is 28.9 Å². The van der Waals surface area contributed by atoms with Gasteiger partial charge in [0.2, 0.25) is 5.91 Å². The van der Waals surface area contributed by atoms with E-state index in [0.717, 1.165) is 11.1 Å². The number of hydrogen-bond donors (Lipinski definition) is 1. The lowest BCUT2D eigenvalue weighted by atomic mass is 10.0. The van der Waals surface area contributed by atoms with Gasteiger partial charge in [-0.1, -0.05) is 24.3 Å². The third-order valence-electron chi connectivity index (χ3n) is 3.83. The molecule has 1 amide bonds. The van der Waals surface area contributed by atoms with Gasteiger partial charge in [0.25, 0.3) is 0 Å². The molecule has 1 aliphatic rings. The van der Waals surface area contributed by atoms with Crippen LogP contribution in [0, 0.1) is 12.7 Å². The standard InChI is InChI=1S/C17H18FN3O/c1-12-8-13(10-19-9-12)11-21-7-6-20-17(22)16(21)14-4-2-3-5-15(14)18/h2-5,8-10,16H,6-7,11H2,1H3,(H,20,22). The molecule has 0 radical (unpaired) electrons. The Labute approximate surface area is 129 Å². The predicted molar refractivity (Wildman–Crippen MR) is 81.5 cm³/mol. The Morgan fingerprint density at radius 1 is 1.36 bits per heavy atom. The molecule has 1 atom stereocenters. The monoisotopic (exact) mass is 299 g/mol. The summed E-state index contributed by atoms with van der Waals surface area (Å²) >= 11 is 0. The fraction of sp³-hybridized carbons (Fsp3) is 0.294. The molecule has 3 rings (SSSR count). The number of benzene rings is 1. The molecular formula is C17H18FN3O. The quantitative estimate of drug-likeness (QED) is 0.945. The molecule has 0 bridgehead atoms. The predicted octanol–water partition coefficient (Wildman–Crippen LogP) is 2.20. The van der Waals surface area contributed by atoms with Gasteiger partial charge in [0.15, 0.2) is 0 Å². The lowest BCUT2D eigenvalue weighted by Crippen LogP contribution is -2.49. The highest BCUT2D eigenvalue weighted by molar-refractivity contribution is 5.84. The molecule has 0 spiro atoms. The van der Waals surface area contributed by atoms with Crippen molar-refractivity contribution in [2.24, 2.45) is 0 Å². The fourth-order valence-electron chi connectivity index (χ4n) is 2.86. The first-order valence-corrected chi connectivity index (χ1v) is 7.32. The number of nitrogens with zero attached hydrogens (tertiary/aromatic N) is 2. The molecule has 1 unspecified atom stereocenters. The van der Waals surface area contributed by atoms with Crippen LogP contribution in [0.15, 0.2) is 42.7 Å². The van der Waals surface area contributed by atoms with E-state index in [0.29, 0.717) is 25.2 Å². The maximum absolute atomic E-state index is 14.1. The number of rotatable bonds is 3. The Morgan fingerprint density at radius 3 is 2.95 bits per heavy atom. The number of aromatic nitrogens is 1. The number of piperazine rings is 1. The third kappa shape index (κ3) is 2.99. The summed E-state index contributed by atoms with van der Waals surface area (Å²) in [5.74, 6) is -0.506. The Hall–Kier alpha value is -2.27. The van der Waals surface area contributed by atoms with Crippen molar-refractivity contribution < 1.29 is 9.18 Å². The first-order chi connectivity index (χ1) is 10.6. The summed E-state index contributed by atoms with van der Waals surface area (Å²) in [7, 11) is 0. The summed E-state index contributed by atoms with van der Waals surface area (Å²) in [6.45, 7) is 3.80. The van der Waals surface area contributed by atoms with Crippen LogP contribution < -0.4 is 5.32 Å². The second-order valence-corrected chi connectivity index (χ2v) is 5.56. The molecule has 1 aliphatic heterocycles. The van der Waals surface area contributed by atoms with Gasteiger partial charge in [-0.05, 0) is 24.1 Å². The zero-order valence-corrected chi connectivity index (χ0v) is 12.4. The molecule has 1 aromatic heterocycles. The van der Waals surface area contributed by atoms with Gasteiger partial charge in [-0.15, -0.1) is 0 Å². The van der Waals surface area contributed by atoms with Crippen LogP contribution in [0.25, 0.3) is 0 Å². The van der Waals surface area contributed by atoms with Gasteiger partial charge in [-0.3, -0.25) is 14.7 Å². The summed E-state index contributed by atoms with van der Waals surface area (Å²) < 4.78 is 14.1. The summed E-state index contributed by atoms with van der Waals surface area (Å²) in [6.07, 6.45) is 3.58. The third-order valence-corrected chi connectivity index (χ3v) is 3.83. The van der Waals surface area contributed by atoms with Gasteiger partial charge in [0, 0.05) is 37.6 Å². The average molecular weight is 299 g/mol. The first kappa shape index (κ1) is 14.7. The normalized spacial score (nSPS) is 19.0. The second-order valence-electron chi connectivity index (χ2n) is 5.56. The minimum Gasteiger partial charge on any atom is -0.353 e. The summed E-state index contributed by atoms with van der Waals surface area (Å²) in [6, 6.07) is 7.89. The van der Waals surface area contributed by atoms with Crippen molar-refractivity contribution in [2.45, 2.75) is 19.5 Å². The van der Waals surface area contributed by atoms with E-state index in [1.165, 1.54) is 6.07 Å². The van der Waals surface area contributed by atoms with Crippen molar-refractivity contribution in [3.05, 3.63) is 65.2 Å². The minimum atomic E-state index is -0.601. The van der Waals surface area contributed by atoms with E-state index in [1.54, 1.807) is 30.6 Å². The van der Waals surface area contributed by atoms with Gasteiger partial charge < -0.3 is 5.32 Å². The molecule has 0 saturated carbocycles. The van der Waals surface area contributed by atoms with Gasteiger partial charge in [0.1, 0.15) is 11.9 Å². The summed E-state index contributed by atoms with van der Waals surface area (Å²) in [4.78, 5) is 18.5. The highest BCUT2D eigenvalue weighted by atomic mass is 19.1. The van der Waals surface area contributed by atoms with E-state index < -0.39 is 6.04 Å². The van der Waals surface area contributed by atoms with Crippen LogP contribution in [0.1, 0.15) is 22.7 Å². The maximum Gasteiger partial charge on any atom is 0.242 e. The van der Waals surface area contributed by atoms with Gasteiger partial charge in [-0.2, -0.15) is 0 Å². The number of carbonyl (C=O) groups excluding carboxylic acids is 1.